The van der Waals surface area contributed by atoms with E-state index in [1.807, 2.05) is 11.8 Å². The maximum absolute atomic E-state index is 14.8. The van der Waals surface area contributed by atoms with Gasteiger partial charge in [-0.25, -0.2) is 0 Å². The number of fused-ring (bicyclic) bond motifs is 3. The van der Waals surface area contributed by atoms with Crippen molar-refractivity contribution < 1.29 is 48.0 Å². The number of likely N-dealkylation sites (N-methyl/N-ethyl adjacent to an activating group) is 2. The predicted octanol–water partition coefficient (Wildman–Crippen LogP) is 2.06. The average Bonchev–Trinajstić information content (AvgIpc) is 3.45. The van der Waals surface area contributed by atoms with E-state index in [2.05, 4.69) is 4.90 Å². The highest BCUT2D eigenvalue weighted by Gasteiger charge is 2.63. The Kier molecular flexibility index (Phi) is 8.57. The van der Waals surface area contributed by atoms with E-state index in [0.29, 0.717) is 19.6 Å². The number of carbonyl (C=O) groups is 3. The first-order chi connectivity index (χ1) is 21.0. The molecule has 4 aliphatic rings. The minimum atomic E-state index is -4.90. The van der Waals surface area contributed by atoms with Crippen LogP contribution >= 0.6 is 0 Å². The molecule has 0 aromatic heterocycles. The van der Waals surface area contributed by atoms with Crippen LogP contribution < -0.4 is 5.73 Å². The quantitative estimate of drug-likeness (QED) is 0.267. The Balaban J connectivity index is 1.61. The zero-order valence-corrected chi connectivity index (χ0v) is 25.4. The Hall–Kier alpha value is -3.46. The van der Waals surface area contributed by atoms with Crippen molar-refractivity contribution in [2.24, 2.45) is 17.6 Å². The molecule has 1 fully saturated rings. The number of nitrogens with zero attached hydrogens (tertiary/aromatic N) is 3. The number of aliphatic hydroxyl groups is 3. The number of alkyl halides is 3. The van der Waals surface area contributed by atoms with Crippen molar-refractivity contribution in [3.8, 4) is 5.75 Å². The van der Waals surface area contributed by atoms with Crippen LogP contribution in [0.15, 0.2) is 28.7 Å². The molecule has 11 nitrogen and oxygen atoms in total. The highest BCUT2D eigenvalue weighted by molar-refractivity contribution is 6.24. The largest absolute Gasteiger partial charge is 0.510 e. The van der Waals surface area contributed by atoms with Gasteiger partial charge in [0.2, 0.25) is 5.78 Å². The molecule has 45 heavy (non-hydrogen) atoms. The van der Waals surface area contributed by atoms with Crippen molar-refractivity contribution in [2.45, 2.75) is 57.0 Å². The molecule has 1 heterocycles. The molecular weight excluding hydrogens is 597 g/mol. The normalized spacial score (nSPS) is 27.4. The first-order valence-electron chi connectivity index (χ1n) is 15.1. The van der Waals surface area contributed by atoms with Gasteiger partial charge in [-0.05, 0) is 82.5 Å². The molecule has 0 bridgehead atoms. The third kappa shape index (κ3) is 5.30. The molecule has 5 rings (SSSR count). The minimum absolute atomic E-state index is 0.124. The molecule has 0 radical (unpaired) electrons. The summed E-state index contributed by atoms with van der Waals surface area (Å²) < 4.78 is 44.5. The number of primary amides is 1. The fraction of sp³-hybridized carbons (Fsp3) is 0.581. The number of hydrogen-bond acceptors (Lipinski definition) is 10. The van der Waals surface area contributed by atoms with Gasteiger partial charge in [-0.3, -0.25) is 24.2 Å². The highest BCUT2D eigenvalue weighted by Crippen LogP contribution is 2.54. The topological polar surface area (TPSA) is 168 Å². The number of benzene rings is 1. The molecule has 0 saturated carbocycles. The van der Waals surface area contributed by atoms with E-state index < -0.39 is 98.7 Å². The van der Waals surface area contributed by atoms with E-state index in [4.69, 9.17) is 5.73 Å². The lowest BCUT2D eigenvalue weighted by molar-refractivity contribution is -0.148. The van der Waals surface area contributed by atoms with Crippen molar-refractivity contribution in [3.63, 3.8) is 0 Å². The number of Topliss-reactive ketones (excluding diaryl/α,β-unsaturated/α-hetero) is 2. The molecule has 1 saturated heterocycles. The number of phenolic OH excluding ortho intramolecular Hbond substituents is 1. The fourth-order valence-electron chi connectivity index (χ4n) is 7.75. The van der Waals surface area contributed by atoms with Crippen molar-refractivity contribution in [3.05, 3.63) is 51.0 Å². The first kappa shape index (κ1) is 32.9. The zero-order chi connectivity index (χ0) is 33.2. The van der Waals surface area contributed by atoms with Crippen LogP contribution in [0.1, 0.15) is 53.2 Å². The number of aromatic hydroxyl groups is 1. The lowest BCUT2D eigenvalue weighted by atomic mass is 9.58. The number of hydrogen-bond donors (Lipinski definition) is 5. The van der Waals surface area contributed by atoms with Crippen LogP contribution in [0.2, 0.25) is 0 Å². The lowest BCUT2D eigenvalue weighted by Gasteiger charge is -2.50. The fourth-order valence-corrected chi connectivity index (χ4v) is 7.75. The molecule has 0 unspecified atom stereocenters. The molecule has 6 N–H and O–H groups in total. The van der Waals surface area contributed by atoms with Gasteiger partial charge in [0.25, 0.3) is 5.91 Å². The van der Waals surface area contributed by atoms with Gasteiger partial charge in [0, 0.05) is 31.1 Å². The average molecular weight is 637 g/mol. The molecule has 3 aliphatic carbocycles. The number of allylic oxidation sites excluding steroid dienone is 1. The number of phenols is 1. The summed E-state index contributed by atoms with van der Waals surface area (Å²) in [5, 5.41) is 45.0. The van der Waals surface area contributed by atoms with E-state index in [1.165, 1.54) is 19.0 Å². The SMILES string of the molecule is CCN(CCN1CCCC1)Cc1cc(O)c2c(c1C(F)(F)F)C[C@H]1C[C@H]3[C@H](N(C)C)C(O)=C(C(N)=O)C(=O)[C@@]3(O)C(O)=C1C2=O. The summed E-state index contributed by atoms with van der Waals surface area (Å²) in [4.78, 5) is 44.9. The standard InChI is InChI=1S/C31H39F3N4O7/c1-4-37(9-10-38-7-5-6-8-38)14-16-13-19(39)21-17(23(16)31(32,33)34)11-15-12-18-24(36(2)3)26(41)22(29(35)44)28(43)30(18,45)27(42)20(15)25(21)40/h13,15,18,24,39,41-42,45H,4-12,14H2,1-3H3,(H2,35,44)/t15-,18-,24-,30-/m0/s1. The van der Waals surface area contributed by atoms with Gasteiger partial charge >= 0.3 is 6.18 Å². The number of carbonyl (C=O) groups excluding carboxylic acids is 3. The summed E-state index contributed by atoms with van der Waals surface area (Å²) in [6.07, 6.45) is -3.48. The Morgan fingerprint density at radius 2 is 1.80 bits per heavy atom. The summed E-state index contributed by atoms with van der Waals surface area (Å²) >= 11 is 0. The van der Waals surface area contributed by atoms with Crippen molar-refractivity contribution >= 4 is 17.5 Å². The van der Waals surface area contributed by atoms with E-state index >= 15 is 0 Å². The third-order valence-corrected chi connectivity index (χ3v) is 9.86. The number of rotatable bonds is 8. The van der Waals surface area contributed by atoms with Crippen LogP contribution in [0, 0.1) is 11.8 Å². The maximum Gasteiger partial charge on any atom is 0.417 e. The van der Waals surface area contributed by atoms with E-state index in [-0.39, 0.29) is 18.5 Å². The molecule has 1 aromatic rings. The van der Waals surface area contributed by atoms with Crippen molar-refractivity contribution in [1.82, 2.24) is 14.7 Å². The predicted molar refractivity (Wildman–Crippen MR) is 155 cm³/mol. The second kappa shape index (κ2) is 11.7. The van der Waals surface area contributed by atoms with Crippen molar-refractivity contribution in [2.75, 3.05) is 46.8 Å². The Bertz CT molecular complexity index is 1500. The van der Waals surface area contributed by atoms with Crippen molar-refractivity contribution in [1.29, 1.82) is 0 Å². The maximum atomic E-state index is 14.8. The monoisotopic (exact) mass is 636 g/mol. The molecule has 246 valence electrons. The molecule has 4 atom stereocenters. The zero-order valence-electron chi connectivity index (χ0n) is 25.4. The lowest BCUT2D eigenvalue weighted by Crippen LogP contribution is -2.63. The summed E-state index contributed by atoms with van der Waals surface area (Å²) in [5.41, 5.74) is -1.32. The summed E-state index contributed by atoms with van der Waals surface area (Å²) in [6.45, 7) is 5.24. The van der Waals surface area contributed by atoms with E-state index in [9.17, 15) is 48.0 Å². The number of halogens is 3. The second-order valence-electron chi connectivity index (χ2n) is 12.7. The highest BCUT2D eigenvalue weighted by atomic mass is 19.4. The molecule has 1 aliphatic heterocycles. The molecule has 0 spiro atoms. The number of nitrogens with two attached hydrogens (primary N) is 1. The molecule has 1 aromatic carbocycles. The van der Waals surface area contributed by atoms with Gasteiger partial charge in [0.1, 0.15) is 22.8 Å². The van der Waals surface area contributed by atoms with Gasteiger partial charge in [-0.2, -0.15) is 13.2 Å². The van der Waals surface area contributed by atoms with Gasteiger partial charge in [0.05, 0.1) is 17.2 Å². The van der Waals surface area contributed by atoms with Gasteiger partial charge < -0.3 is 31.1 Å². The summed E-state index contributed by atoms with van der Waals surface area (Å²) in [7, 11) is 2.95. The third-order valence-electron chi connectivity index (χ3n) is 9.86. The Morgan fingerprint density at radius 1 is 1.16 bits per heavy atom. The molecule has 1 amide bonds. The molecular formula is C31H39F3N4O7. The first-order valence-corrected chi connectivity index (χ1v) is 15.1. The summed E-state index contributed by atoms with van der Waals surface area (Å²) in [5.74, 6) is -8.97. The van der Waals surface area contributed by atoms with Crippen LogP contribution in [0.4, 0.5) is 13.2 Å². The number of ketones is 2. The van der Waals surface area contributed by atoms with Crippen LogP contribution in [-0.2, 0) is 28.7 Å². The Morgan fingerprint density at radius 3 is 2.36 bits per heavy atom. The molecule has 14 heteroatoms. The number of amides is 1. The van der Waals surface area contributed by atoms with Crippen LogP contribution in [0.5, 0.6) is 5.75 Å². The number of aliphatic hydroxyl groups excluding tert-OH is 2. The van der Waals surface area contributed by atoms with Gasteiger partial charge in [-0.1, -0.05) is 6.92 Å². The van der Waals surface area contributed by atoms with Crippen LogP contribution in [-0.4, -0.2) is 111 Å². The van der Waals surface area contributed by atoms with Gasteiger partial charge in [-0.15, -0.1) is 0 Å². The minimum Gasteiger partial charge on any atom is -0.510 e. The summed E-state index contributed by atoms with van der Waals surface area (Å²) in [6, 6.07) is -0.318. The number of likely N-dealkylation sites (tertiary alicyclic amines) is 1. The van der Waals surface area contributed by atoms with E-state index in [0.717, 1.165) is 32.0 Å². The second-order valence-corrected chi connectivity index (χ2v) is 12.7. The van der Waals surface area contributed by atoms with Crippen LogP contribution in [0.3, 0.4) is 0 Å². The van der Waals surface area contributed by atoms with Crippen LogP contribution in [0.25, 0.3) is 0 Å². The Labute approximate surface area is 258 Å². The van der Waals surface area contributed by atoms with E-state index in [1.54, 1.807) is 0 Å². The smallest absolute Gasteiger partial charge is 0.417 e. The van der Waals surface area contributed by atoms with Gasteiger partial charge in [0.15, 0.2) is 11.4 Å².